The van der Waals surface area contributed by atoms with Crippen LogP contribution in [-0.2, 0) is 66.7 Å². The Morgan fingerprint density at radius 3 is 1.02 bits per heavy atom. The van der Waals surface area contributed by atoms with Gasteiger partial charge in [-0.25, -0.2) is 34.9 Å². The molecule has 0 aromatic carbocycles. The second-order valence-electron chi connectivity index (χ2n) is 51.2. The van der Waals surface area contributed by atoms with Crippen molar-refractivity contribution in [3.63, 3.8) is 0 Å². The van der Waals surface area contributed by atoms with Crippen LogP contribution in [0.1, 0.15) is 357 Å². The summed E-state index contributed by atoms with van der Waals surface area (Å²) in [6.07, 6.45) is 25.4. The summed E-state index contributed by atoms with van der Waals surface area (Å²) in [6, 6.07) is 28.0. The molecule has 7 saturated heterocycles. The van der Waals surface area contributed by atoms with Gasteiger partial charge in [-0.05, 0) is 219 Å². The number of amides is 6. The molecule has 14 heterocycles. The number of anilines is 6. The van der Waals surface area contributed by atoms with Crippen LogP contribution in [0.25, 0.3) is 0 Å². The van der Waals surface area contributed by atoms with Crippen molar-refractivity contribution in [1.82, 2.24) is 79.6 Å². The molecule has 6 amide bonds. The first-order valence-electron chi connectivity index (χ1n) is 55.5. The molecule has 8 aliphatic rings. The molecule has 0 spiro atoms. The standard InChI is InChI=1S/2C19H31N3O.C18H27N3O.2C18H29N3O.C14H24N4O.C13H19N3O2/c1-18(2,3)14-7-10-20-16(13-14)21-15-8-11-22(12-9-15)17(23)19(4,5)6;1-14(2)12-18(23)22-10-7-16(8-11-22)21-17-13-15(6-9-20-17)19(3,4)5;1-18(2,3)14-6-9-19-16(12-14)20-15-7-10-21(11-8-15)17(22)13-4-5-13;1-13(2)17(22)21-10-7-15(8-11-21)20-16-12-14(6-9-19-16)18(3,4)5;1-5-6-17(22)21-11-8-15(9-12-21)20-16-13-14(7-10-19-16)18(2,3)4;1-9(2)19-13-17-11(14(3,4)5)6-12(18-13)16-10-7-15-8-10;1-9(17)16-6-10(7-16)18-12-5-11(13(2,3)4)14-8-15-12/h7,10,13,15H,8-9,11-12H2,1-6H3,(H,20,21);6,9,13-14,16H,7-8,10-12H2,1-5H3,(H,20,21);6,9,12-13,15H,4-5,7-8,10-11H2,1-3H3,(H,19,20);6,9,12-13,15H,7-8,10-11H2,1-5H3,(H,19,20);7,10,13,15H,5-6,8-9,11-12H2,1-4H3,(H,19,20);6,9-10,15H,7-8H2,1-5H3,(H,16,17,18);5,8,10H,6-7H2,1-4H3. The van der Waals surface area contributed by atoms with E-state index in [2.05, 4.69) is 314 Å². The molecule has 15 rings (SSSR count). The molecule has 7 aliphatic heterocycles. The predicted octanol–water partition coefficient (Wildman–Crippen LogP) is 21.2. The number of piperidine rings is 5. The molecular formula is C119H190N22O8. The Hall–Kier alpha value is -10.9. The Morgan fingerprint density at radius 2 is 0.718 bits per heavy atom. The Kier molecular flexibility index (Phi) is 44.4. The zero-order valence-electron chi connectivity index (χ0n) is 97.2. The molecule has 149 heavy (non-hydrogen) atoms. The van der Waals surface area contributed by atoms with Crippen molar-refractivity contribution in [1.29, 1.82) is 0 Å². The number of rotatable bonds is 22. The Labute approximate surface area is 895 Å². The molecule has 0 radical (unpaired) electrons. The molecule has 1 saturated carbocycles. The van der Waals surface area contributed by atoms with Crippen molar-refractivity contribution >= 4 is 70.4 Å². The fraction of sp³-hybridized carbons (Fsp3) is 0.672. The number of hydrogen-bond acceptors (Lipinski definition) is 24. The zero-order valence-corrected chi connectivity index (χ0v) is 97.2. The summed E-state index contributed by atoms with van der Waals surface area (Å²) in [4.78, 5) is 123. The van der Waals surface area contributed by atoms with E-state index < -0.39 is 0 Å². The molecule has 0 bridgehead atoms. The maximum Gasteiger partial charge on any atom is 0.318 e. The van der Waals surface area contributed by atoms with E-state index in [-0.39, 0.29) is 79.2 Å². The smallest absolute Gasteiger partial charge is 0.318 e. The SMILES string of the molecule is CC(=O)N1CC(Oc2cc(C(C)(C)C)ncn2)C1.CC(C)(C)C(=O)N1CCC(Nc2cc(C(C)(C)C)ccn2)CC1.CC(C)(C)c1ccnc(NC2CCN(C(=O)C3CC3)CC2)c1.CC(C)C(=O)N1CCC(Nc2cc(C(C)(C)C)ccn2)CC1.CC(C)CC(=O)N1CCC(Nc2cc(C(C)(C)C)ccn2)CC1.CC(C)Oc1nc(NC2CNC2)cc(C(C)(C)C)n1.CCCC(=O)N1CCC(Nc2cc(C(C)(C)C)ccn2)CC1. The fourth-order valence-electron chi connectivity index (χ4n) is 18.0. The lowest BCUT2D eigenvalue weighted by Gasteiger charge is -2.38. The molecular weight excluding hydrogens is 1870 g/mol. The van der Waals surface area contributed by atoms with Crippen LogP contribution in [0.3, 0.4) is 0 Å². The first-order valence-corrected chi connectivity index (χ1v) is 55.5. The number of pyridine rings is 5. The Balaban J connectivity index is 0.000000193. The van der Waals surface area contributed by atoms with Gasteiger partial charge in [0.25, 0.3) is 0 Å². The molecule has 30 heteroatoms. The van der Waals surface area contributed by atoms with E-state index in [4.69, 9.17) is 9.47 Å². The molecule has 0 atom stereocenters. The summed E-state index contributed by atoms with van der Waals surface area (Å²) in [5, 5.41) is 24.4. The number of ether oxygens (including phenoxy) is 2. The van der Waals surface area contributed by atoms with Gasteiger partial charge in [0.05, 0.1) is 36.6 Å². The highest BCUT2D eigenvalue weighted by molar-refractivity contribution is 5.82. The normalized spacial score (nSPS) is 17.2. The summed E-state index contributed by atoms with van der Waals surface area (Å²) < 4.78 is 11.4. The largest absolute Gasteiger partial charge is 0.470 e. The number of hydrogen-bond donors (Lipinski definition) is 7. The summed E-state index contributed by atoms with van der Waals surface area (Å²) in [7, 11) is 0. The number of aromatic nitrogens is 9. The van der Waals surface area contributed by atoms with Crippen molar-refractivity contribution in [2.45, 2.75) is 404 Å². The van der Waals surface area contributed by atoms with E-state index in [1.165, 1.54) is 34.1 Å². The minimum atomic E-state index is -0.289. The Bertz CT molecular complexity index is 5260. The number of nitrogens with zero attached hydrogens (tertiary/aromatic N) is 15. The third kappa shape index (κ3) is 41.0. The van der Waals surface area contributed by atoms with Gasteiger partial charge in [0.15, 0.2) is 0 Å². The minimum Gasteiger partial charge on any atom is -0.470 e. The molecule has 1 aliphatic carbocycles. The van der Waals surface area contributed by atoms with Crippen LogP contribution in [0.4, 0.5) is 34.9 Å². The van der Waals surface area contributed by atoms with Gasteiger partial charge in [-0.3, -0.25) is 28.8 Å². The highest BCUT2D eigenvalue weighted by Gasteiger charge is 2.38. The molecule has 0 unspecified atom stereocenters. The maximum absolute atomic E-state index is 12.3. The van der Waals surface area contributed by atoms with Crippen LogP contribution in [-0.4, -0.2) is 250 Å². The van der Waals surface area contributed by atoms with Crippen molar-refractivity contribution in [3.8, 4) is 11.9 Å². The maximum atomic E-state index is 12.3. The summed E-state index contributed by atoms with van der Waals surface area (Å²) >= 11 is 0. The van der Waals surface area contributed by atoms with Crippen molar-refractivity contribution in [3.05, 3.63) is 149 Å². The molecule has 30 nitrogen and oxygen atoms in total. The highest BCUT2D eigenvalue weighted by atomic mass is 16.5. The fourth-order valence-corrected chi connectivity index (χ4v) is 18.0. The van der Waals surface area contributed by atoms with E-state index in [0.29, 0.717) is 104 Å². The van der Waals surface area contributed by atoms with Gasteiger partial charge in [-0.15, -0.1) is 0 Å². The van der Waals surface area contributed by atoms with Gasteiger partial charge in [0.2, 0.25) is 41.3 Å². The molecule has 7 aromatic rings. The van der Waals surface area contributed by atoms with Crippen LogP contribution in [0.5, 0.6) is 11.9 Å². The monoisotopic (exact) mass is 2060 g/mol. The lowest BCUT2D eigenvalue weighted by molar-refractivity contribution is -0.140. The molecule has 7 aromatic heterocycles. The van der Waals surface area contributed by atoms with Gasteiger partial charge < -0.3 is 76.1 Å². The van der Waals surface area contributed by atoms with Crippen LogP contribution in [0, 0.1) is 23.2 Å². The van der Waals surface area contributed by atoms with Gasteiger partial charge >= 0.3 is 6.01 Å². The van der Waals surface area contributed by atoms with Crippen molar-refractivity contribution < 1.29 is 38.2 Å². The first-order chi connectivity index (χ1) is 69.6. The van der Waals surface area contributed by atoms with E-state index in [9.17, 15) is 28.8 Å². The second kappa shape index (κ2) is 54.4. The van der Waals surface area contributed by atoms with Crippen molar-refractivity contribution in [2.75, 3.05) is 124 Å². The van der Waals surface area contributed by atoms with Crippen molar-refractivity contribution in [2.24, 2.45) is 23.2 Å². The molecule has 8 fully saturated rings. The van der Waals surface area contributed by atoms with Gasteiger partial charge in [0, 0.05) is 200 Å². The number of carbonyl (C=O) groups is 6. The Morgan fingerprint density at radius 1 is 0.376 bits per heavy atom. The van der Waals surface area contributed by atoms with Crippen LogP contribution < -0.4 is 46.7 Å². The average molecular weight is 2060 g/mol. The highest BCUT2D eigenvalue weighted by Crippen LogP contribution is 2.36. The number of nitrogens with one attached hydrogen (secondary N) is 7. The molecule has 7 N–H and O–H groups in total. The number of carbonyl (C=O) groups excluding carboxylic acids is 6. The second-order valence-corrected chi connectivity index (χ2v) is 51.2. The van der Waals surface area contributed by atoms with E-state index in [1.54, 1.807) is 11.8 Å². The lowest BCUT2D eigenvalue weighted by atomic mass is 9.88. The summed E-state index contributed by atoms with van der Waals surface area (Å²) in [6.45, 7) is 79.3. The van der Waals surface area contributed by atoms with Gasteiger partial charge in [0.1, 0.15) is 47.3 Å². The topological polar surface area (TPSA) is 341 Å². The minimum absolute atomic E-state index is 0.0215. The first kappa shape index (κ1) is 122. The lowest BCUT2D eigenvalue weighted by Crippen LogP contribution is -2.55. The zero-order chi connectivity index (χ0) is 110. The quantitative estimate of drug-likeness (QED) is 0.0331. The van der Waals surface area contributed by atoms with Crippen LogP contribution >= 0.6 is 0 Å². The summed E-state index contributed by atoms with van der Waals surface area (Å²) in [5.41, 5.74) is 8.73. The average Bonchev–Trinajstić information content (AvgIpc) is 0.882. The number of likely N-dealkylation sites (tertiary alicyclic amines) is 6. The van der Waals surface area contributed by atoms with Gasteiger partial charge in [-0.1, -0.05) is 201 Å². The molecule has 824 valence electrons. The van der Waals surface area contributed by atoms with E-state index >= 15 is 0 Å². The predicted molar refractivity (Wildman–Crippen MR) is 606 cm³/mol. The van der Waals surface area contributed by atoms with Crippen LogP contribution in [0.2, 0.25) is 0 Å². The van der Waals surface area contributed by atoms with Gasteiger partial charge in [-0.2, -0.15) is 9.97 Å². The van der Waals surface area contributed by atoms with Crippen LogP contribution in [0.15, 0.2) is 110 Å². The third-order valence-corrected chi connectivity index (χ3v) is 28.0. The third-order valence-electron chi connectivity index (χ3n) is 28.0. The van der Waals surface area contributed by atoms with E-state index in [1.807, 2.05) is 111 Å². The van der Waals surface area contributed by atoms with E-state index in [0.717, 1.165) is 208 Å². The summed E-state index contributed by atoms with van der Waals surface area (Å²) in [5.74, 6) is 8.64.